The first-order valence-corrected chi connectivity index (χ1v) is 11.1. The van der Waals surface area contributed by atoms with Crippen LogP contribution in [-0.4, -0.2) is 56.1 Å². The van der Waals surface area contributed by atoms with Gasteiger partial charge in [-0.1, -0.05) is 48.8 Å². The summed E-state index contributed by atoms with van der Waals surface area (Å²) in [5.74, 6) is 1.59. The molecule has 0 amide bonds. The zero-order chi connectivity index (χ0) is 21.7. The molecular weight excluding hydrogens is 482 g/mol. The molecule has 1 saturated heterocycles. The van der Waals surface area contributed by atoms with Crippen molar-refractivity contribution in [3.63, 3.8) is 0 Å². The molecule has 0 aromatic heterocycles. The molecular formula is C24H33BrClNO4. The highest BCUT2D eigenvalue weighted by molar-refractivity contribution is 9.10. The minimum atomic E-state index is -0.582. The summed E-state index contributed by atoms with van der Waals surface area (Å²) in [5, 5.41) is 10.6. The number of benzene rings is 2. The lowest BCUT2D eigenvalue weighted by Crippen LogP contribution is -2.43. The van der Waals surface area contributed by atoms with Gasteiger partial charge in [-0.3, -0.25) is 4.90 Å². The molecule has 2 atom stereocenters. The molecule has 1 N–H and O–H groups in total. The molecule has 1 heterocycles. The first-order chi connectivity index (χ1) is 14.3. The van der Waals surface area contributed by atoms with Gasteiger partial charge < -0.3 is 19.3 Å². The Labute approximate surface area is 200 Å². The summed E-state index contributed by atoms with van der Waals surface area (Å²) in [4.78, 5) is 2.24. The summed E-state index contributed by atoms with van der Waals surface area (Å²) in [6.07, 6.45) is -0.570. The van der Waals surface area contributed by atoms with E-state index < -0.39 is 6.10 Å². The van der Waals surface area contributed by atoms with Gasteiger partial charge in [-0.05, 0) is 41.3 Å². The molecule has 2 aromatic rings. The van der Waals surface area contributed by atoms with Crippen molar-refractivity contribution in [2.75, 3.05) is 40.0 Å². The zero-order valence-electron chi connectivity index (χ0n) is 18.6. The number of hydrogen-bond donors (Lipinski definition) is 1. The Morgan fingerprint density at radius 3 is 2.68 bits per heavy atom. The van der Waals surface area contributed by atoms with Gasteiger partial charge in [0.25, 0.3) is 0 Å². The van der Waals surface area contributed by atoms with E-state index in [1.54, 1.807) is 7.11 Å². The van der Waals surface area contributed by atoms with Crippen LogP contribution >= 0.6 is 28.3 Å². The third-order valence-electron chi connectivity index (χ3n) is 5.27. The van der Waals surface area contributed by atoms with Crippen molar-refractivity contribution in [1.29, 1.82) is 0 Å². The summed E-state index contributed by atoms with van der Waals surface area (Å²) in [5.41, 5.74) is 2.12. The van der Waals surface area contributed by atoms with Gasteiger partial charge in [0.05, 0.1) is 19.8 Å². The topological polar surface area (TPSA) is 51.2 Å². The van der Waals surface area contributed by atoms with Gasteiger partial charge in [0.2, 0.25) is 0 Å². The maximum Gasteiger partial charge on any atom is 0.123 e. The SMILES string of the molecule is COc1ccc(OCC(O)CN2CCOC(c3cccc(Br)c3)C2)c(C(C)(C)C)c1.Cl. The molecule has 172 valence electrons. The maximum atomic E-state index is 10.6. The molecule has 0 saturated carbocycles. The van der Waals surface area contributed by atoms with Crippen LogP contribution in [0.1, 0.15) is 38.0 Å². The minimum absolute atomic E-state index is 0. The van der Waals surface area contributed by atoms with E-state index in [1.165, 1.54) is 0 Å². The smallest absolute Gasteiger partial charge is 0.123 e. The Morgan fingerprint density at radius 1 is 1.23 bits per heavy atom. The van der Waals surface area contributed by atoms with E-state index in [-0.39, 0.29) is 30.5 Å². The second-order valence-electron chi connectivity index (χ2n) is 8.75. The van der Waals surface area contributed by atoms with E-state index in [0.29, 0.717) is 13.2 Å². The van der Waals surface area contributed by atoms with E-state index in [2.05, 4.69) is 53.7 Å². The number of ether oxygens (including phenoxy) is 3. The van der Waals surface area contributed by atoms with Crippen molar-refractivity contribution >= 4 is 28.3 Å². The normalized spacial score (nSPS) is 18.2. The van der Waals surface area contributed by atoms with Crippen LogP contribution in [-0.2, 0) is 10.2 Å². The Bertz CT molecular complexity index is 843. The number of morpholine rings is 1. The third-order valence-corrected chi connectivity index (χ3v) is 5.76. The van der Waals surface area contributed by atoms with Gasteiger partial charge in [0.1, 0.15) is 24.2 Å². The molecule has 0 aliphatic carbocycles. The lowest BCUT2D eigenvalue weighted by Gasteiger charge is -2.34. The van der Waals surface area contributed by atoms with Crippen LogP contribution < -0.4 is 9.47 Å². The number of methoxy groups -OCH3 is 1. The van der Waals surface area contributed by atoms with Crippen LogP contribution in [0.2, 0.25) is 0 Å². The van der Waals surface area contributed by atoms with Crippen LogP contribution in [0.4, 0.5) is 0 Å². The Kier molecular flexibility index (Phi) is 9.65. The molecule has 1 fully saturated rings. The predicted octanol–water partition coefficient (Wildman–Crippen LogP) is 4.99. The second kappa shape index (κ2) is 11.5. The highest BCUT2D eigenvalue weighted by Gasteiger charge is 2.25. The first-order valence-electron chi connectivity index (χ1n) is 10.3. The molecule has 3 rings (SSSR count). The van der Waals surface area contributed by atoms with Crippen molar-refractivity contribution < 1.29 is 19.3 Å². The summed E-state index contributed by atoms with van der Waals surface area (Å²) >= 11 is 3.52. The molecule has 0 spiro atoms. The lowest BCUT2D eigenvalue weighted by atomic mass is 9.86. The van der Waals surface area contributed by atoms with Crippen LogP contribution in [0.5, 0.6) is 11.5 Å². The third kappa shape index (κ3) is 7.36. The highest BCUT2D eigenvalue weighted by Crippen LogP contribution is 2.34. The standard InChI is InChI=1S/C24H32BrNO4.ClH/c1-24(2,3)21-13-20(28-4)8-9-22(21)30-16-19(27)14-26-10-11-29-23(15-26)17-6-5-7-18(25)12-17;/h5-9,12-13,19,23,27H,10-11,14-16H2,1-4H3;1H. The van der Waals surface area contributed by atoms with Gasteiger partial charge in [-0.15, -0.1) is 12.4 Å². The molecule has 1 aliphatic rings. The van der Waals surface area contributed by atoms with Gasteiger partial charge in [0, 0.05) is 29.7 Å². The summed E-state index contributed by atoms with van der Waals surface area (Å²) in [6, 6.07) is 14.0. The van der Waals surface area contributed by atoms with Gasteiger partial charge in [-0.2, -0.15) is 0 Å². The number of rotatable bonds is 7. The number of aliphatic hydroxyl groups is 1. The van der Waals surface area contributed by atoms with Gasteiger partial charge in [-0.25, -0.2) is 0 Å². The summed E-state index contributed by atoms with van der Waals surface area (Å²) in [6.45, 7) is 9.42. The lowest BCUT2D eigenvalue weighted by molar-refractivity contribution is -0.0460. The molecule has 31 heavy (non-hydrogen) atoms. The monoisotopic (exact) mass is 513 g/mol. The van der Waals surface area contributed by atoms with E-state index in [4.69, 9.17) is 14.2 Å². The number of halogens is 2. The minimum Gasteiger partial charge on any atom is -0.497 e. The fourth-order valence-electron chi connectivity index (χ4n) is 3.66. The average Bonchev–Trinajstić information content (AvgIpc) is 2.71. The van der Waals surface area contributed by atoms with Gasteiger partial charge in [0.15, 0.2) is 0 Å². The zero-order valence-corrected chi connectivity index (χ0v) is 21.0. The van der Waals surface area contributed by atoms with E-state index in [0.717, 1.165) is 40.2 Å². The van der Waals surface area contributed by atoms with Crippen LogP contribution in [0.15, 0.2) is 46.9 Å². The molecule has 0 radical (unpaired) electrons. The molecule has 5 nitrogen and oxygen atoms in total. The Morgan fingerprint density at radius 2 is 2.00 bits per heavy atom. The fourth-order valence-corrected chi connectivity index (χ4v) is 4.08. The predicted molar refractivity (Wildman–Crippen MR) is 130 cm³/mol. The number of nitrogens with zero attached hydrogens (tertiary/aromatic N) is 1. The van der Waals surface area contributed by atoms with Crippen molar-refractivity contribution in [2.45, 2.75) is 38.4 Å². The highest BCUT2D eigenvalue weighted by atomic mass is 79.9. The van der Waals surface area contributed by atoms with E-state index in [1.807, 2.05) is 30.3 Å². The van der Waals surface area contributed by atoms with Crippen molar-refractivity contribution in [3.05, 3.63) is 58.1 Å². The molecule has 0 bridgehead atoms. The van der Waals surface area contributed by atoms with E-state index in [9.17, 15) is 5.11 Å². The number of β-amino-alcohol motifs (C(OH)–C–C–N with tert-alkyl or cyclic N) is 1. The van der Waals surface area contributed by atoms with Crippen molar-refractivity contribution in [2.24, 2.45) is 0 Å². The van der Waals surface area contributed by atoms with Crippen LogP contribution in [0.3, 0.4) is 0 Å². The maximum absolute atomic E-state index is 10.6. The first kappa shape index (κ1) is 25.9. The number of aliphatic hydroxyl groups excluding tert-OH is 1. The Balaban J connectivity index is 0.00000341. The van der Waals surface area contributed by atoms with Gasteiger partial charge >= 0.3 is 0 Å². The number of hydrogen-bond acceptors (Lipinski definition) is 5. The Hall–Kier alpha value is -1.31. The average molecular weight is 515 g/mol. The molecule has 2 aromatic carbocycles. The molecule has 1 aliphatic heterocycles. The fraction of sp³-hybridized carbons (Fsp3) is 0.500. The largest absolute Gasteiger partial charge is 0.497 e. The van der Waals surface area contributed by atoms with E-state index >= 15 is 0 Å². The quantitative estimate of drug-likeness (QED) is 0.564. The summed E-state index contributed by atoms with van der Waals surface area (Å²) in [7, 11) is 1.66. The van der Waals surface area contributed by atoms with Crippen molar-refractivity contribution in [3.8, 4) is 11.5 Å². The van der Waals surface area contributed by atoms with Crippen LogP contribution in [0.25, 0.3) is 0 Å². The second-order valence-corrected chi connectivity index (χ2v) is 9.67. The van der Waals surface area contributed by atoms with Crippen molar-refractivity contribution in [1.82, 2.24) is 4.90 Å². The summed E-state index contributed by atoms with van der Waals surface area (Å²) < 4.78 is 18.4. The molecule has 2 unspecified atom stereocenters. The van der Waals surface area contributed by atoms with Crippen LogP contribution in [0, 0.1) is 0 Å². The molecule has 7 heteroatoms.